The van der Waals surface area contributed by atoms with Gasteiger partial charge in [0.05, 0.1) is 6.61 Å². The van der Waals surface area contributed by atoms with E-state index >= 15 is 0 Å². The third-order valence-electron chi connectivity index (χ3n) is 3.90. The van der Waals surface area contributed by atoms with Crippen LogP contribution in [-0.4, -0.2) is 44.9 Å². The van der Waals surface area contributed by atoms with Crippen molar-refractivity contribution >= 4 is 41.3 Å². The third-order valence-corrected chi connectivity index (χ3v) is 5.14. The van der Waals surface area contributed by atoms with E-state index in [0.717, 1.165) is 18.1 Å². The van der Waals surface area contributed by atoms with E-state index in [-0.39, 0.29) is 29.4 Å². The zero-order valence-electron chi connectivity index (χ0n) is 16.3. The van der Waals surface area contributed by atoms with Crippen LogP contribution in [0.2, 0.25) is 0 Å². The molecule has 0 radical (unpaired) electrons. The fourth-order valence-corrected chi connectivity index (χ4v) is 3.14. The standard InChI is InChI=1S/C19H28N4O2S.HI/c1-19(2,16-6-5-11-26-16)14-23-18(20-3)22-13-15-7-8-17(21-12-15)25-10-9-24-4;/h5-8,11-12H,9-10,13-14H2,1-4H3,(H2,20,22,23);1H. The van der Waals surface area contributed by atoms with Crippen LogP contribution < -0.4 is 15.4 Å². The lowest BCUT2D eigenvalue weighted by atomic mass is 9.91. The van der Waals surface area contributed by atoms with Crippen molar-refractivity contribution < 1.29 is 9.47 Å². The van der Waals surface area contributed by atoms with Crippen molar-refractivity contribution in [2.75, 3.05) is 33.9 Å². The molecular weight excluding hydrogens is 475 g/mol. The molecule has 2 N–H and O–H groups in total. The largest absolute Gasteiger partial charge is 0.475 e. The highest BCUT2D eigenvalue weighted by atomic mass is 127. The number of ether oxygens (including phenoxy) is 2. The SMILES string of the molecule is CN=C(NCc1ccc(OCCOC)nc1)NCC(C)(C)c1cccs1.I. The molecule has 0 bridgehead atoms. The van der Waals surface area contributed by atoms with Crippen molar-refractivity contribution in [1.82, 2.24) is 15.6 Å². The number of pyridine rings is 1. The molecule has 2 aromatic heterocycles. The van der Waals surface area contributed by atoms with Gasteiger partial charge in [0, 0.05) is 49.8 Å². The molecule has 8 heteroatoms. The third kappa shape index (κ3) is 8.02. The number of guanidine groups is 1. The first-order valence-electron chi connectivity index (χ1n) is 8.60. The molecule has 0 fully saturated rings. The molecule has 2 aromatic rings. The predicted molar refractivity (Wildman–Crippen MR) is 123 cm³/mol. The molecule has 0 unspecified atom stereocenters. The Labute approximate surface area is 182 Å². The van der Waals surface area contributed by atoms with Gasteiger partial charge in [-0.25, -0.2) is 4.98 Å². The molecule has 150 valence electrons. The highest BCUT2D eigenvalue weighted by Gasteiger charge is 2.21. The first kappa shape index (κ1) is 23.6. The average Bonchev–Trinajstić information content (AvgIpc) is 3.19. The van der Waals surface area contributed by atoms with Crippen LogP contribution in [0.3, 0.4) is 0 Å². The van der Waals surface area contributed by atoms with Crippen LogP contribution in [0.4, 0.5) is 0 Å². The van der Waals surface area contributed by atoms with Crippen molar-refractivity contribution in [3.05, 3.63) is 46.3 Å². The van der Waals surface area contributed by atoms with E-state index in [4.69, 9.17) is 9.47 Å². The lowest BCUT2D eigenvalue weighted by Gasteiger charge is -2.25. The van der Waals surface area contributed by atoms with Gasteiger partial charge in [-0.1, -0.05) is 26.0 Å². The van der Waals surface area contributed by atoms with E-state index < -0.39 is 0 Å². The molecule has 0 amide bonds. The summed E-state index contributed by atoms with van der Waals surface area (Å²) in [4.78, 5) is 9.95. The number of rotatable bonds is 9. The lowest BCUT2D eigenvalue weighted by Crippen LogP contribution is -2.42. The summed E-state index contributed by atoms with van der Waals surface area (Å²) < 4.78 is 10.4. The van der Waals surface area contributed by atoms with Gasteiger partial charge in [0.25, 0.3) is 0 Å². The zero-order valence-corrected chi connectivity index (χ0v) is 19.5. The molecular formula is C19H29IN4O2S. The Hall–Kier alpha value is -1.39. The fraction of sp³-hybridized carbons (Fsp3) is 0.474. The minimum atomic E-state index is 0. The van der Waals surface area contributed by atoms with Crippen LogP contribution in [0.15, 0.2) is 40.8 Å². The second-order valence-corrected chi connectivity index (χ2v) is 7.43. The van der Waals surface area contributed by atoms with Gasteiger partial charge < -0.3 is 20.1 Å². The van der Waals surface area contributed by atoms with Crippen molar-refractivity contribution in [3.63, 3.8) is 0 Å². The Balaban J connectivity index is 0.00000364. The maximum atomic E-state index is 5.47. The molecule has 6 nitrogen and oxygen atoms in total. The van der Waals surface area contributed by atoms with Gasteiger partial charge in [-0.05, 0) is 17.0 Å². The molecule has 0 aliphatic rings. The summed E-state index contributed by atoms with van der Waals surface area (Å²) in [5.74, 6) is 1.38. The second kappa shape index (κ2) is 12.1. The molecule has 0 spiro atoms. The molecule has 0 saturated carbocycles. The van der Waals surface area contributed by atoms with Gasteiger partial charge in [-0.15, -0.1) is 35.3 Å². The normalized spacial score (nSPS) is 11.6. The maximum absolute atomic E-state index is 5.47. The summed E-state index contributed by atoms with van der Waals surface area (Å²) in [5.41, 5.74) is 1.11. The minimum Gasteiger partial charge on any atom is -0.475 e. The predicted octanol–water partition coefficient (Wildman–Crippen LogP) is 3.43. The Kier molecular flexibility index (Phi) is 10.6. The lowest BCUT2D eigenvalue weighted by molar-refractivity contribution is 0.143. The number of nitrogens with one attached hydrogen (secondary N) is 2. The van der Waals surface area contributed by atoms with Gasteiger partial charge >= 0.3 is 0 Å². The monoisotopic (exact) mass is 504 g/mol. The smallest absolute Gasteiger partial charge is 0.213 e. The number of hydrogen-bond donors (Lipinski definition) is 2. The van der Waals surface area contributed by atoms with E-state index in [2.05, 4.69) is 52.0 Å². The van der Waals surface area contributed by atoms with E-state index in [1.54, 1.807) is 31.7 Å². The number of aliphatic imine (C=N–C) groups is 1. The van der Waals surface area contributed by atoms with Crippen LogP contribution in [0, 0.1) is 0 Å². The van der Waals surface area contributed by atoms with E-state index in [0.29, 0.717) is 25.6 Å². The Morgan fingerprint density at radius 3 is 2.63 bits per heavy atom. The van der Waals surface area contributed by atoms with E-state index in [9.17, 15) is 0 Å². The molecule has 2 rings (SSSR count). The Morgan fingerprint density at radius 2 is 2.04 bits per heavy atom. The highest BCUT2D eigenvalue weighted by molar-refractivity contribution is 14.0. The Morgan fingerprint density at radius 1 is 1.22 bits per heavy atom. The van der Waals surface area contributed by atoms with Crippen LogP contribution in [0.1, 0.15) is 24.3 Å². The molecule has 0 aromatic carbocycles. The van der Waals surface area contributed by atoms with Gasteiger partial charge in [-0.3, -0.25) is 4.99 Å². The minimum absolute atomic E-state index is 0. The molecule has 0 atom stereocenters. The molecule has 0 aliphatic heterocycles. The topological polar surface area (TPSA) is 67.8 Å². The van der Waals surface area contributed by atoms with Crippen molar-refractivity contribution in [3.8, 4) is 5.88 Å². The van der Waals surface area contributed by atoms with Crippen molar-refractivity contribution in [2.45, 2.75) is 25.8 Å². The van der Waals surface area contributed by atoms with Crippen molar-refractivity contribution in [2.24, 2.45) is 4.99 Å². The molecule has 0 aliphatic carbocycles. The van der Waals surface area contributed by atoms with Gasteiger partial charge in [-0.2, -0.15) is 0 Å². The van der Waals surface area contributed by atoms with E-state index in [1.807, 2.05) is 12.1 Å². The van der Waals surface area contributed by atoms with Gasteiger partial charge in [0.1, 0.15) is 6.61 Å². The average molecular weight is 504 g/mol. The van der Waals surface area contributed by atoms with Crippen LogP contribution >= 0.6 is 35.3 Å². The molecule has 0 saturated heterocycles. The second-order valence-electron chi connectivity index (χ2n) is 6.49. The molecule has 2 heterocycles. The van der Waals surface area contributed by atoms with E-state index in [1.165, 1.54) is 4.88 Å². The summed E-state index contributed by atoms with van der Waals surface area (Å²) in [6, 6.07) is 8.11. The number of halogens is 1. The van der Waals surface area contributed by atoms with Crippen LogP contribution in [0.25, 0.3) is 0 Å². The van der Waals surface area contributed by atoms with Crippen molar-refractivity contribution in [1.29, 1.82) is 0 Å². The Bertz CT molecular complexity index is 676. The molecule has 27 heavy (non-hydrogen) atoms. The van der Waals surface area contributed by atoms with Gasteiger partial charge in [0.2, 0.25) is 5.88 Å². The quantitative estimate of drug-likeness (QED) is 0.237. The summed E-state index contributed by atoms with van der Waals surface area (Å²) in [7, 11) is 3.42. The first-order chi connectivity index (χ1) is 12.5. The number of thiophene rings is 1. The maximum Gasteiger partial charge on any atom is 0.213 e. The summed E-state index contributed by atoms with van der Waals surface area (Å²) in [5, 5.41) is 8.83. The summed E-state index contributed by atoms with van der Waals surface area (Å²) in [6.45, 7) is 6.95. The van der Waals surface area contributed by atoms with Crippen LogP contribution in [0.5, 0.6) is 5.88 Å². The first-order valence-corrected chi connectivity index (χ1v) is 9.48. The highest BCUT2D eigenvalue weighted by Crippen LogP contribution is 2.26. The number of nitrogens with zero attached hydrogens (tertiary/aromatic N) is 2. The van der Waals surface area contributed by atoms with Crippen LogP contribution in [-0.2, 0) is 16.7 Å². The zero-order chi connectivity index (χ0) is 18.8. The number of methoxy groups -OCH3 is 1. The summed E-state index contributed by atoms with van der Waals surface area (Å²) in [6.07, 6.45) is 1.80. The number of hydrogen-bond acceptors (Lipinski definition) is 5. The van der Waals surface area contributed by atoms with Gasteiger partial charge in [0.15, 0.2) is 5.96 Å². The fourth-order valence-electron chi connectivity index (χ4n) is 2.29. The summed E-state index contributed by atoms with van der Waals surface area (Å²) >= 11 is 1.78. The number of aromatic nitrogens is 1.